The molecule has 1 fully saturated rings. The Balaban J connectivity index is 1.30. The zero-order valence-corrected chi connectivity index (χ0v) is 15.8. The summed E-state index contributed by atoms with van der Waals surface area (Å²) in [5.74, 6) is 1.62. The van der Waals surface area contributed by atoms with Crippen LogP contribution in [0.4, 0.5) is 16.3 Å². The summed E-state index contributed by atoms with van der Waals surface area (Å²) in [5.41, 5.74) is 2.49. The maximum absolute atomic E-state index is 12.4. The van der Waals surface area contributed by atoms with Crippen LogP contribution in [0.5, 0.6) is 5.75 Å². The molecule has 7 heteroatoms. The number of aromatic nitrogens is 1. The summed E-state index contributed by atoms with van der Waals surface area (Å²) < 4.78 is 5.69. The molecule has 2 amide bonds. The van der Waals surface area contributed by atoms with Gasteiger partial charge in [0.2, 0.25) is 0 Å². The third-order valence-corrected chi connectivity index (χ3v) is 5.19. The van der Waals surface area contributed by atoms with Crippen LogP contribution in [0.3, 0.4) is 0 Å². The number of pyridine rings is 1. The molecule has 0 unspecified atom stereocenters. The maximum Gasteiger partial charge on any atom is 0.319 e. The number of benzene rings is 1. The molecule has 1 atom stereocenters. The first-order valence-electron chi connectivity index (χ1n) is 9.59. The van der Waals surface area contributed by atoms with E-state index in [1.54, 1.807) is 18.3 Å². The van der Waals surface area contributed by atoms with E-state index in [0.29, 0.717) is 5.56 Å². The van der Waals surface area contributed by atoms with Gasteiger partial charge in [0.25, 0.3) is 0 Å². The Morgan fingerprint density at radius 2 is 2.14 bits per heavy atom. The number of carbonyl (C=O) groups is 1. The summed E-state index contributed by atoms with van der Waals surface area (Å²) in [4.78, 5) is 18.8. The van der Waals surface area contributed by atoms with Crippen molar-refractivity contribution in [2.75, 3.05) is 23.3 Å². The molecule has 0 bridgehead atoms. The highest BCUT2D eigenvalue weighted by Crippen LogP contribution is 2.31. The first-order chi connectivity index (χ1) is 13.6. The van der Waals surface area contributed by atoms with Gasteiger partial charge >= 0.3 is 6.03 Å². The van der Waals surface area contributed by atoms with E-state index in [-0.39, 0.29) is 18.2 Å². The second kappa shape index (κ2) is 7.77. The molecule has 2 N–H and O–H groups in total. The zero-order chi connectivity index (χ0) is 19.5. The van der Waals surface area contributed by atoms with E-state index >= 15 is 0 Å². The molecule has 1 aromatic carbocycles. The van der Waals surface area contributed by atoms with Crippen molar-refractivity contribution >= 4 is 17.5 Å². The van der Waals surface area contributed by atoms with Gasteiger partial charge in [-0.3, -0.25) is 0 Å². The Bertz CT molecular complexity index is 915. The summed E-state index contributed by atoms with van der Waals surface area (Å²) in [6, 6.07) is 11.4. The van der Waals surface area contributed by atoms with Crippen LogP contribution in [0.25, 0.3) is 0 Å². The first kappa shape index (κ1) is 18.1. The van der Waals surface area contributed by atoms with Gasteiger partial charge in [-0.1, -0.05) is 0 Å². The number of nitrogens with zero attached hydrogens (tertiary/aromatic N) is 3. The third kappa shape index (κ3) is 3.86. The van der Waals surface area contributed by atoms with Gasteiger partial charge in [0.1, 0.15) is 23.7 Å². The van der Waals surface area contributed by atoms with Crippen molar-refractivity contribution in [3.63, 3.8) is 0 Å². The first-order valence-corrected chi connectivity index (χ1v) is 9.59. The highest BCUT2D eigenvalue weighted by Gasteiger charge is 2.23. The lowest BCUT2D eigenvalue weighted by atomic mass is 10.0. The van der Waals surface area contributed by atoms with Gasteiger partial charge in [-0.15, -0.1) is 0 Å². The number of rotatable bonds is 3. The monoisotopic (exact) mass is 377 g/mol. The van der Waals surface area contributed by atoms with E-state index in [0.717, 1.165) is 55.2 Å². The molecule has 2 aliphatic rings. The minimum absolute atomic E-state index is 0.100. The van der Waals surface area contributed by atoms with Gasteiger partial charge in [0, 0.05) is 37.4 Å². The van der Waals surface area contributed by atoms with Gasteiger partial charge < -0.3 is 20.3 Å². The minimum atomic E-state index is -0.194. The number of hydrogen-bond donors (Lipinski definition) is 2. The van der Waals surface area contributed by atoms with Crippen molar-refractivity contribution in [1.29, 1.82) is 5.26 Å². The highest BCUT2D eigenvalue weighted by molar-refractivity contribution is 5.89. The number of nitrogens with one attached hydrogen (secondary N) is 2. The number of hydrogen-bond acceptors (Lipinski definition) is 5. The molecule has 144 valence electrons. The summed E-state index contributed by atoms with van der Waals surface area (Å²) in [5, 5.41) is 15.2. The summed E-state index contributed by atoms with van der Waals surface area (Å²) in [7, 11) is 0. The zero-order valence-electron chi connectivity index (χ0n) is 15.8. The van der Waals surface area contributed by atoms with E-state index in [2.05, 4.69) is 26.6 Å². The molecule has 7 nitrogen and oxygen atoms in total. The van der Waals surface area contributed by atoms with Crippen molar-refractivity contribution < 1.29 is 9.53 Å². The van der Waals surface area contributed by atoms with E-state index in [1.165, 1.54) is 0 Å². The fourth-order valence-corrected chi connectivity index (χ4v) is 3.82. The number of urea groups is 1. The van der Waals surface area contributed by atoms with Crippen molar-refractivity contribution in [3.8, 4) is 11.8 Å². The molecule has 0 aliphatic carbocycles. The summed E-state index contributed by atoms with van der Waals surface area (Å²) >= 11 is 0. The number of amides is 2. The van der Waals surface area contributed by atoms with Crippen molar-refractivity contribution in [3.05, 3.63) is 47.7 Å². The molecular weight excluding hydrogens is 354 g/mol. The van der Waals surface area contributed by atoms with Crippen molar-refractivity contribution in [1.82, 2.24) is 10.3 Å². The van der Waals surface area contributed by atoms with Crippen LogP contribution in [-0.4, -0.2) is 36.3 Å². The summed E-state index contributed by atoms with van der Waals surface area (Å²) in [6.45, 7) is 3.55. The molecular formula is C21H23N5O2. The smallest absolute Gasteiger partial charge is 0.319 e. The van der Waals surface area contributed by atoms with Crippen molar-refractivity contribution in [2.45, 2.75) is 38.3 Å². The van der Waals surface area contributed by atoms with E-state index in [9.17, 15) is 10.1 Å². The Morgan fingerprint density at radius 3 is 2.93 bits per heavy atom. The fraction of sp³-hybridized carbons (Fsp3) is 0.381. The van der Waals surface area contributed by atoms with Crippen LogP contribution >= 0.6 is 0 Å². The van der Waals surface area contributed by atoms with Crippen molar-refractivity contribution in [2.24, 2.45) is 0 Å². The predicted molar refractivity (Wildman–Crippen MR) is 107 cm³/mol. The van der Waals surface area contributed by atoms with Crippen LogP contribution in [0, 0.1) is 11.3 Å². The second-order valence-corrected chi connectivity index (χ2v) is 7.30. The van der Waals surface area contributed by atoms with Crippen LogP contribution in [0.2, 0.25) is 0 Å². The number of ether oxygens (including phenoxy) is 1. The molecule has 2 aromatic rings. The SMILES string of the molecule is C[C@H]1Cc2cc(NC(=O)NC3CCN(c4ncccc4C#N)CC3)ccc2O1. The average Bonchev–Trinajstić information content (AvgIpc) is 3.08. The molecule has 2 aliphatic heterocycles. The Kier molecular flexibility index (Phi) is 5.02. The maximum atomic E-state index is 12.4. The normalized spacial score (nSPS) is 18.7. The lowest BCUT2D eigenvalue weighted by Gasteiger charge is -2.33. The Morgan fingerprint density at radius 1 is 1.32 bits per heavy atom. The Labute approximate surface area is 164 Å². The quantitative estimate of drug-likeness (QED) is 0.858. The molecule has 28 heavy (non-hydrogen) atoms. The van der Waals surface area contributed by atoms with Crippen LogP contribution in [0.15, 0.2) is 36.5 Å². The molecule has 0 spiro atoms. The largest absolute Gasteiger partial charge is 0.490 e. The second-order valence-electron chi connectivity index (χ2n) is 7.30. The molecule has 0 saturated carbocycles. The molecule has 1 saturated heterocycles. The van der Waals surface area contributed by atoms with Crippen LogP contribution in [0.1, 0.15) is 30.9 Å². The third-order valence-electron chi connectivity index (χ3n) is 5.19. The van der Waals surface area contributed by atoms with Crippen LogP contribution < -0.4 is 20.3 Å². The lowest BCUT2D eigenvalue weighted by Crippen LogP contribution is -2.46. The lowest BCUT2D eigenvalue weighted by molar-refractivity contribution is 0.246. The van der Waals surface area contributed by atoms with E-state index in [1.807, 2.05) is 25.1 Å². The summed E-state index contributed by atoms with van der Waals surface area (Å²) in [6.07, 6.45) is 4.37. The number of carbonyl (C=O) groups excluding carboxylic acids is 1. The number of fused-ring (bicyclic) bond motifs is 1. The van der Waals surface area contributed by atoms with Gasteiger partial charge in [-0.05, 0) is 55.7 Å². The molecule has 1 aromatic heterocycles. The Hall–Kier alpha value is -3.27. The molecule has 4 rings (SSSR count). The fourth-order valence-electron chi connectivity index (χ4n) is 3.82. The standard InChI is InChI=1S/C21H23N5O2/c1-14-11-16-12-18(4-5-19(16)28-14)25-21(27)24-17-6-9-26(10-7-17)20-15(13-22)3-2-8-23-20/h2-5,8,12,14,17H,6-7,9-11H2,1H3,(H2,24,25,27)/t14-/m0/s1. The van der Waals surface area contributed by atoms with Gasteiger partial charge in [0.05, 0.1) is 5.56 Å². The van der Waals surface area contributed by atoms with Crippen LogP contribution in [-0.2, 0) is 6.42 Å². The average molecular weight is 377 g/mol. The van der Waals surface area contributed by atoms with Gasteiger partial charge in [0.15, 0.2) is 0 Å². The molecule has 3 heterocycles. The number of anilines is 2. The highest BCUT2D eigenvalue weighted by atomic mass is 16.5. The van der Waals surface area contributed by atoms with Gasteiger partial charge in [-0.2, -0.15) is 5.26 Å². The minimum Gasteiger partial charge on any atom is -0.490 e. The van der Waals surface area contributed by atoms with E-state index in [4.69, 9.17) is 4.74 Å². The van der Waals surface area contributed by atoms with E-state index < -0.39 is 0 Å². The predicted octanol–water partition coefficient (Wildman–Crippen LogP) is 3.07. The topological polar surface area (TPSA) is 90.3 Å². The number of nitriles is 1. The van der Waals surface area contributed by atoms with Gasteiger partial charge in [-0.25, -0.2) is 9.78 Å². The molecule has 0 radical (unpaired) electrons. The number of piperidine rings is 1.